The fraction of sp³-hybridized carbons (Fsp3) is 0.571. The van der Waals surface area contributed by atoms with E-state index in [1.54, 1.807) is 6.20 Å². The van der Waals surface area contributed by atoms with Crippen molar-refractivity contribution in [3.8, 4) is 0 Å². The van der Waals surface area contributed by atoms with Crippen LogP contribution in [-0.4, -0.2) is 84.8 Å². The van der Waals surface area contributed by atoms with Crippen LogP contribution in [0.5, 0.6) is 0 Å². The first kappa shape index (κ1) is 31.6. The molecule has 3 aliphatic rings. The Bertz CT molecular complexity index is 1170. The third-order valence-corrected chi connectivity index (χ3v) is 7.95. The van der Waals surface area contributed by atoms with Crippen molar-refractivity contribution >= 4 is 36.4 Å². The number of rotatable bonds is 6. The van der Waals surface area contributed by atoms with Crippen LogP contribution < -0.4 is 10.2 Å². The maximum absolute atomic E-state index is 14.3. The summed E-state index contributed by atoms with van der Waals surface area (Å²) in [6, 6.07) is 5.82. The van der Waals surface area contributed by atoms with Crippen LogP contribution in [0, 0.1) is 11.6 Å². The quantitative estimate of drug-likeness (QED) is 0.551. The molecule has 5 rings (SSSR count). The summed E-state index contributed by atoms with van der Waals surface area (Å²) >= 11 is 0. The molecule has 11 heteroatoms. The predicted octanol–water partition coefficient (Wildman–Crippen LogP) is 4.12. The Morgan fingerprint density at radius 2 is 1.95 bits per heavy atom. The maximum Gasteiger partial charge on any atom is 0.241 e. The lowest BCUT2D eigenvalue weighted by Crippen LogP contribution is -2.60. The third kappa shape index (κ3) is 7.06. The molecule has 0 bridgehead atoms. The molecule has 2 aromatic rings. The number of pyridine rings is 1. The van der Waals surface area contributed by atoms with Crippen molar-refractivity contribution in [2.75, 3.05) is 50.7 Å². The summed E-state index contributed by atoms with van der Waals surface area (Å²) in [5.41, 5.74) is 2.52. The Morgan fingerprint density at radius 3 is 2.64 bits per heavy atom. The van der Waals surface area contributed by atoms with Crippen molar-refractivity contribution in [3.63, 3.8) is 0 Å². The summed E-state index contributed by atoms with van der Waals surface area (Å²) in [6.07, 6.45) is 1.81. The zero-order valence-corrected chi connectivity index (χ0v) is 24.3. The number of nitrogens with one attached hydrogen (secondary N) is 1. The molecule has 3 aliphatic heterocycles. The van der Waals surface area contributed by atoms with Crippen molar-refractivity contribution in [3.05, 3.63) is 58.9 Å². The Morgan fingerprint density at radius 1 is 1.18 bits per heavy atom. The van der Waals surface area contributed by atoms with Crippen LogP contribution in [0.15, 0.2) is 30.5 Å². The smallest absolute Gasteiger partial charge is 0.241 e. The van der Waals surface area contributed by atoms with Gasteiger partial charge in [-0.25, -0.2) is 13.2 Å². The van der Waals surface area contributed by atoms with Gasteiger partial charge in [-0.2, -0.15) is 0 Å². The van der Waals surface area contributed by atoms with Gasteiger partial charge in [-0.1, -0.05) is 19.9 Å². The lowest BCUT2D eigenvalue weighted by Gasteiger charge is -2.41. The first-order valence-electron chi connectivity index (χ1n) is 13.2. The number of anilines is 1. The molecule has 216 valence electrons. The van der Waals surface area contributed by atoms with Crippen LogP contribution in [0.4, 0.5) is 18.9 Å². The number of carbonyl (C=O) groups is 1. The topological polar surface area (TPSA) is 51.7 Å². The second-order valence-corrected chi connectivity index (χ2v) is 11.5. The number of hydrogen-bond donors (Lipinski definition) is 1. The van der Waals surface area contributed by atoms with Crippen molar-refractivity contribution in [2.24, 2.45) is 0 Å². The van der Waals surface area contributed by atoms with E-state index in [-0.39, 0.29) is 61.2 Å². The minimum Gasteiger partial charge on any atom is -0.311 e. The molecule has 0 radical (unpaired) electrons. The molecule has 1 N–H and O–H groups in total. The Labute approximate surface area is 241 Å². The van der Waals surface area contributed by atoms with Gasteiger partial charge in [-0.3, -0.25) is 19.6 Å². The fourth-order valence-electron chi connectivity index (χ4n) is 5.89. The van der Waals surface area contributed by atoms with E-state index in [0.717, 1.165) is 43.5 Å². The average Bonchev–Trinajstić information content (AvgIpc) is 3.37. The molecule has 3 atom stereocenters. The van der Waals surface area contributed by atoms with Crippen LogP contribution in [0.3, 0.4) is 0 Å². The van der Waals surface area contributed by atoms with Crippen LogP contribution in [0.1, 0.15) is 44.0 Å². The Balaban J connectivity index is 0.00000210. The summed E-state index contributed by atoms with van der Waals surface area (Å²) in [5.74, 6) is -1.20. The van der Waals surface area contributed by atoms with Gasteiger partial charge in [0.05, 0.1) is 12.2 Å². The molecule has 1 aromatic carbocycles. The highest BCUT2D eigenvalue weighted by molar-refractivity contribution is 5.97. The monoisotopic (exact) mass is 587 g/mol. The van der Waals surface area contributed by atoms with Gasteiger partial charge in [0.1, 0.15) is 17.8 Å². The number of carbonyl (C=O) groups excluding carboxylic acids is 1. The van der Waals surface area contributed by atoms with Crippen LogP contribution in [0.25, 0.3) is 0 Å². The molecule has 1 aromatic heterocycles. The van der Waals surface area contributed by atoms with E-state index in [2.05, 4.69) is 40.9 Å². The fourth-order valence-corrected chi connectivity index (χ4v) is 5.89. The van der Waals surface area contributed by atoms with Gasteiger partial charge in [0.2, 0.25) is 5.91 Å². The first-order chi connectivity index (χ1) is 17.6. The van der Waals surface area contributed by atoms with Crippen molar-refractivity contribution in [1.82, 2.24) is 20.1 Å². The van der Waals surface area contributed by atoms with E-state index in [9.17, 15) is 18.0 Å². The van der Waals surface area contributed by atoms with E-state index >= 15 is 0 Å². The van der Waals surface area contributed by atoms with E-state index < -0.39 is 17.8 Å². The lowest BCUT2D eigenvalue weighted by molar-refractivity contribution is -0.120. The summed E-state index contributed by atoms with van der Waals surface area (Å²) < 4.78 is 41.4. The van der Waals surface area contributed by atoms with Crippen molar-refractivity contribution < 1.29 is 18.0 Å². The number of alkyl halides is 1. The average molecular weight is 589 g/mol. The van der Waals surface area contributed by atoms with Gasteiger partial charge in [0, 0.05) is 86.7 Å². The number of amides is 1. The van der Waals surface area contributed by atoms with Gasteiger partial charge in [-0.05, 0) is 31.0 Å². The number of hydrogen-bond acceptors (Lipinski definition) is 5. The molecule has 39 heavy (non-hydrogen) atoms. The molecule has 0 aliphatic carbocycles. The van der Waals surface area contributed by atoms with E-state index in [0.29, 0.717) is 30.8 Å². The highest BCUT2D eigenvalue weighted by Gasteiger charge is 2.40. The molecule has 2 fully saturated rings. The van der Waals surface area contributed by atoms with Crippen molar-refractivity contribution in [2.45, 2.75) is 57.3 Å². The molecule has 2 saturated heterocycles. The Hall–Kier alpha value is -1.91. The highest BCUT2D eigenvalue weighted by atomic mass is 35.5. The van der Waals surface area contributed by atoms with Gasteiger partial charge in [-0.15, -0.1) is 24.8 Å². The Kier molecular flexibility index (Phi) is 10.3. The number of benzene rings is 1. The second kappa shape index (κ2) is 12.7. The minimum absolute atomic E-state index is 0. The SMILES string of the molecule is C[C@@H]1CN(CC(=O)N2CC(C)(C)c3cnc(Cc4ccc(F)cc4F)cc32)[C@@H](CN2CC[C@H](F)C2)CN1.Cl.Cl. The normalized spacial score (nSPS) is 24.7. The van der Waals surface area contributed by atoms with Gasteiger partial charge < -0.3 is 10.2 Å². The first-order valence-corrected chi connectivity index (χ1v) is 13.2. The number of fused-ring (bicyclic) bond motifs is 1. The number of nitrogens with zero attached hydrogens (tertiary/aromatic N) is 4. The largest absolute Gasteiger partial charge is 0.311 e. The third-order valence-electron chi connectivity index (χ3n) is 7.95. The standard InChI is InChI=1S/C28H36F3N5O.2ClH/c1-18-13-35(23(11-32-18)15-34-7-6-21(30)14-34)16-27(37)36-17-28(2,3)24-12-33-22(10-26(24)36)8-19-4-5-20(29)9-25(19)31;;/h4-5,9-10,12,18,21,23,32H,6-8,11,13-17H2,1-3H3;2*1H/t18-,21+,23-;;/m1../s1. The van der Waals surface area contributed by atoms with E-state index in [4.69, 9.17) is 0 Å². The number of halogens is 5. The predicted molar refractivity (Wildman–Crippen MR) is 152 cm³/mol. The van der Waals surface area contributed by atoms with Gasteiger partial charge in [0.25, 0.3) is 0 Å². The van der Waals surface area contributed by atoms with Crippen LogP contribution in [0.2, 0.25) is 0 Å². The van der Waals surface area contributed by atoms with Crippen LogP contribution >= 0.6 is 24.8 Å². The summed E-state index contributed by atoms with van der Waals surface area (Å²) in [4.78, 5) is 24.5. The molecular formula is C28H38Cl2F3N5O. The summed E-state index contributed by atoms with van der Waals surface area (Å²) in [7, 11) is 0. The highest BCUT2D eigenvalue weighted by Crippen LogP contribution is 2.40. The molecule has 0 unspecified atom stereocenters. The molecule has 4 heterocycles. The second-order valence-electron chi connectivity index (χ2n) is 11.5. The van der Waals surface area contributed by atoms with E-state index in [1.807, 2.05) is 11.0 Å². The molecule has 0 saturated carbocycles. The molecular weight excluding hydrogens is 550 g/mol. The van der Waals surface area contributed by atoms with E-state index in [1.165, 1.54) is 12.1 Å². The van der Waals surface area contributed by atoms with Crippen molar-refractivity contribution in [1.29, 1.82) is 0 Å². The molecule has 1 amide bonds. The summed E-state index contributed by atoms with van der Waals surface area (Å²) in [5, 5.41) is 3.51. The zero-order chi connectivity index (χ0) is 26.3. The number of likely N-dealkylation sites (tertiary alicyclic amines) is 1. The minimum atomic E-state index is -0.764. The van der Waals surface area contributed by atoms with Crippen LogP contribution in [-0.2, 0) is 16.6 Å². The number of piperazine rings is 1. The zero-order valence-electron chi connectivity index (χ0n) is 22.6. The summed E-state index contributed by atoms with van der Waals surface area (Å²) in [6.45, 7) is 10.6. The maximum atomic E-state index is 14.3. The molecule has 0 spiro atoms. The van der Waals surface area contributed by atoms with Gasteiger partial charge in [0.15, 0.2) is 0 Å². The number of aromatic nitrogens is 1. The molecule has 6 nitrogen and oxygen atoms in total. The lowest BCUT2D eigenvalue weighted by atomic mass is 9.88. The van der Waals surface area contributed by atoms with Gasteiger partial charge >= 0.3 is 0 Å².